The van der Waals surface area contributed by atoms with E-state index in [0.717, 1.165) is 33.5 Å². The number of thioether (sulfide) groups is 1. The number of benzene rings is 2. The third-order valence-electron chi connectivity index (χ3n) is 4.62. The lowest BCUT2D eigenvalue weighted by atomic mass is 10.0. The van der Waals surface area contributed by atoms with Crippen LogP contribution in [-0.4, -0.2) is 34.1 Å². The fraction of sp³-hybridized carbons (Fsp3) is 0.273. The first-order valence-electron chi connectivity index (χ1n) is 9.49. The van der Waals surface area contributed by atoms with E-state index in [0.29, 0.717) is 5.56 Å². The summed E-state index contributed by atoms with van der Waals surface area (Å²) in [5, 5.41) is 10.5. The van der Waals surface area contributed by atoms with E-state index in [1.165, 1.54) is 24.3 Å². The number of aryl methyl sites for hydroxylation is 1. The molecular formula is C22H22N2O5S. The van der Waals surface area contributed by atoms with Gasteiger partial charge in [0.2, 0.25) is 0 Å². The average molecular weight is 426 g/mol. The predicted molar refractivity (Wildman–Crippen MR) is 117 cm³/mol. The molecule has 2 amide bonds. The van der Waals surface area contributed by atoms with E-state index in [1.54, 1.807) is 6.07 Å². The highest BCUT2D eigenvalue weighted by Crippen LogP contribution is 2.33. The molecule has 0 unspecified atom stereocenters. The number of ether oxygens (including phenoxy) is 1. The first kappa shape index (κ1) is 21.6. The summed E-state index contributed by atoms with van der Waals surface area (Å²) >= 11 is 0.821. The van der Waals surface area contributed by atoms with Crippen molar-refractivity contribution in [3.05, 3.63) is 74.2 Å². The smallest absolute Gasteiger partial charge is 0.293 e. The molecule has 156 valence electrons. The summed E-state index contributed by atoms with van der Waals surface area (Å²) in [6, 6.07) is 11.9. The molecule has 0 atom stereocenters. The third kappa shape index (κ3) is 4.88. The largest absolute Gasteiger partial charge is 0.491 e. The van der Waals surface area contributed by atoms with Gasteiger partial charge in [0, 0.05) is 12.1 Å². The molecule has 1 aliphatic rings. The molecule has 0 bridgehead atoms. The molecule has 3 rings (SSSR count). The lowest BCUT2D eigenvalue weighted by Crippen LogP contribution is -2.32. The summed E-state index contributed by atoms with van der Waals surface area (Å²) in [5.74, 6) is 0.619. The Balaban J connectivity index is 1.68. The summed E-state index contributed by atoms with van der Waals surface area (Å²) in [6.07, 6.45) is 1.50. The van der Waals surface area contributed by atoms with E-state index < -0.39 is 10.8 Å². The second kappa shape index (κ2) is 9.13. The van der Waals surface area contributed by atoms with Crippen LogP contribution in [0.5, 0.6) is 5.75 Å². The van der Waals surface area contributed by atoms with Crippen LogP contribution in [-0.2, 0) is 4.79 Å². The van der Waals surface area contributed by atoms with Gasteiger partial charge in [0.05, 0.1) is 16.4 Å². The van der Waals surface area contributed by atoms with Gasteiger partial charge in [-0.3, -0.25) is 24.6 Å². The Kier molecular flexibility index (Phi) is 6.56. The number of amides is 2. The van der Waals surface area contributed by atoms with Crippen LogP contribution in [0.4, 0.5) is 10.5 Å². The van der Waals surface area contributed by atoms with E-state index >= 15 is 0 Å². The zero-order chi connectivity index (χ0) is 21.8. The monoisotopic (exact) mass is 426 g/mol. The second-order valence-electron chi connectivity index (χ2n) is 7.23. The van der Waals surface area contributed by atoms with Gasteiger partial charge in [-0.2, -0.15) is 0 Å². The standard InChI is InChI=1S/C22H22N2O5S/c1-14(2)18-8-7-15(3)11-19(18)29-10-9-23-21(25)20(30-22(23)26)13-16-5-4-6-17(12-16)24(27)28/h4-8,11-14H,9-10H2,1-3H3/b20-13-. The number of nitrogens with zero attached hydrogens (tertiary/aromatic N) is 2. The van der Waals surface area contributed by atoms with Gasteiger partial charge in [0.15, 0.2) is 0 Å². The molecule has 30 heavy (non-hydrogen) atoms. The van der Waals surface area contributed by atoms with Crippen molar-refractivity contribution in [2.75, 3.05) is 13.2 Å². The number of hydrogen-bond acceptors (Lipinski definition) is 6. The quantitative estimate of drug-likeness (QED) is 0.346. The minimum absolute atomic E-state index is 0.0736. The Hall–Kier alpha value is -3.13. The number of hydrogen-bond donors (Lipinski definition) is 0. The Morgan fingerprint density at radius 2 is 1.97 bits per heavy atom. The maximum Gasteiger partial charge on any atom is 0.293 e. The van der Waals surface area contributed by atoms with Crippen molar-refractivity contribution in [2.45, 2.75) is 26.7 Å². The third-order valence-corrected chi connectivity index (χ3v) is 5.52. The Labute approximate surface area is 178 Å². The first-order chi connectivity index (χ1) is 14.3. The second-order valence-corrected chi connectivity index (χ2v) is 8.22. The van der Waals surface area contributed by atoms with Gasteiger partial charge < -0.3 is 4.74 Å². The SMILES string of the molecule is Cc1ccc(C(C)C)c(OCCN2C(=O)S/C(=C\c3cccc([N+](=O)[O-])c3)C2=O)c1. The molecule has 0 radical (unpaired) electrons. The fourth-order valence-corrected chi connectivity index (χ4v) is 3.93. The summed E-state index contributed by atoms with van der Waals surface area (Å²) in [5.41, 5.74) is 2.56. The number of carbonyl (C=O) groups is 2. The number of nitro benzene ring substituents is 1. The molecular weight excluding hydrogens is 404 g/mol. The molecule has 1 saturated heterocycles. The zero-order valence-electron chi connectivity index (χ0n) is 17.0. The molecule has 7 nitrogen and oxygen atoms in total. The molecule has 2 aromatic rings. The topological polar surface area (TPSA) is 89.8 Å². The summed E-state index contributed by atoms with van der Waals surface area (Å²) in [6.45, 7) is 6.44. The molecule has 1 heterocycles. The van der Waals surface area contributed by atoms with E-state index in [1.807, 2.05) is 25.1 Å². The minimum Gasteiger partial charge on any atom is -0.491 e. The van der Waals surface area contributed by atoms with E-state index in [2.05, 4.69) is 13.8 Å². The molecule has 0 aromatic heterocycles. The van der Waals surface area contributed by atoms with E-state index in [9.17, 15) is 19.7 Å². The van der Waals surface area contributed by atoms with Gasteiger partial charge in [-0.05, 0) is 53.4 Å². The number of non-ortho nitro benzene ring substituents is 1. The lowest BCUT2D eigenvalue weighted by Gasteiger charge is -2.17. The fourth-order valence-electron chi connectivity index (χ4n) is 3.06. The maximum absolute atomic E-state index is 12.6. The van der Waals surface area contributed by atoms with Crippen molar-refractivity contribution in [3.63, 3.8) is 0 Å². The molecule has 1 fully saturated rings. The molecule has 0 N–H and O–H groups in total. The molecule has 0 saturated carbocycles. The zero-order valence-corrected chi connectivity index (χ0v) is 17.8. The van der Waals surface area contributed by atoms with Crippen LogP contribution in [0, 0.1) is 17.0 Å². The van der Waals surface area contributed by atoms with Crippen molar-refractivity contribution < 1.29 is 19.2 Å². The van der Waals surface area contributed by atoms with Crippen molar-refractivity contribution in [3.8, 4) is 5.75 Å². The van der Waals surface area contributed by atoms with Crippen LogP contribution >= 0.6 is 11.8 Å². The van der Waals surface area contributed by atoms with Crippen molar-refractivity contribution in [2.24, 2.45) is 0 Å². The summed E-state index contributed by atoms with van der Waals surface area (Å²) in [7, 11) is 0. The van der Waals surface area contributed by atoms with Gasteiger partial charge in [0.1, 0.15) is 12.4 Å². The lowest BCUT2D eigenvalue weighted by molar-refractivity contribution is -0.384. The van der Waals surface area contributed by atoms with Crippen LogP contribution in [0.3, 0.4) is 0 Å². The number of carbonyl (C=O) groups excluding carboxylic acids is 2. The van der Waals surface area contributed by atoms with Crippen molar-refractivity contribution >= 4 is 34.7 Å². The predicted octanol–water partition coefficient (Wildman–Crippen LogP) is 5.14. The van der Waals surface area contributed by atoms with Crippen LogP contribution in [0.15, 0.2) is 47.4 Å². The van der Waals surface area contributed by atoms with Gasteiger partial charge >= 0.3 is 0 Å². The van der Waals surface area contributed by atoms with Gasteiger partial charge in [0.25, 0.3) is 16.8 Å². The maximum atomic E-state index is 12.6. The number of imide groups is 1. The average Bonchev–Trinajstić information content (AvgIpc) is 2.95. The van der Waals surface area contributed by atoms with Crippen LogP contribution in [0.1, 0.15) is 36.5 Å². The van der Waals surface area contributed by atoms with Crippen molar-refractivity contribution in [1.82, 2.24) is 4.90 Å². The molecule has 1 aliphatic heterocycles. The molecule has 0 aliphatic carbocycles. The van der Waals surface area contributed by atoms with E-state index in [4.69, 9.17) is 4.74 Å². The van der Waals surface area contributed by atoms with Crippen LogP contribution in [0.25, 0.3) is 6.08 Å². The van der Waals surface area contributed by atoms with Gasteiger partial charge in [-0.15, -0.1) is 0 Å². The summed E-state index contributed by atoms with van der Waals surface area (Å²) in [4.78, 5) is 36.7. The van der Waals surface area contributed by atoms with Gasteiger partial charge in [-0.25, -0.2) is 0 Å². The van der Waals surface area contributed by atoms with Crippen LogP contribution in [0.2, 0.25) is 0 Å². The summed E-state index contributed by atoms with van der Waals surface area (Å²) < 4.78 is 5.88. The highest BCUT2D eigenvalue weighted by molar-refractivity contribution is 8.18. The minimum atomic E-state index is -0.503. The Morgan fingerprint density at radius 1 is 1.20 bits per heavy atom. The van der Waals surface area contributed by atoms with E-state index in [-0.39, 0.29) is 34.9 Å². The van der Waals surface area contributed by atoms with Gasteiger partial charge in [-0.1, -0.05) is 38.1 Å². The Bertz CT molecular complexity index is 1030. The molecule has 8 heteroatoms. The van der Waals surface area contributed by atoms with Crippen LogP contribution < -0.4 is 4.74 Å². The number of rotatable bonds is 7. The normalized spacial score (nSPS) is 15.3. The van der Waals surface area contributed by atoms with Crippen molar-refractivity contribution in [1.29, 1.82) is 0 Å². The highest BCUT2D eigenvalue weighted by Gasteiger charge is 2.34. The molecule has 2 aromatic carbocycles. The first-order valence-corrected chi connectivity index (χ1v) is 10.3. The Morgan fingerprint density at radius 3 is 2.67 bits per heavy atom. The molecule has 0 spiro atoms. The number of nitro groups is 1. The highest BCUT2D eigenvalue weighted by atomic mass is 32.2.